The molecule has 0 unspecified atom stereocenters. The lowest BCUT2D eigenvalue weighted by molar-refractivity contribution is -0.123. The van der Waals surface area contributed by atoms with Crippen LogP contribution in [0.15, 0.2) is 53.6 Å². The monoisotopic (exact) mass is 352 g/mol. The molecule has 0 aliphatic rings. The van der Waals surface area contributed by atoms with Crippen molar-refractivity contribution < 1.29 is 9.53 Å². The smallest absolute Gasteiger partial charge is 0.277 e. The molecule has 1 N–H and O–H groups in total. The van der Waals surface area contributed by atoms with Crippen LogP contribution in [0.1, 0.15) is 57.2 Å². The summed E-state index contributed by atoms with van der Waals surface area (Å²) in [6.07, 6.45) is 1.63. The van der Waals surface area contributed by atoms with E-state index < -0.39 is 0 Å². The van der Waals surface area contributed by atoms with Crippen LogP contribution in [0.5, 0.6) is 5.75 Å². The summed E-state index contributed by atoms with van der Waals surface area (Å²) in [6.45, 7) is 10.7. The van der Waals surface area contributed by atoms with Crippen molar-refractivity contribution in [3.8, 4) is 5.75 Å². The maximum Gasteiger partial charge on any atom is 0.277 e. The average Bonchev–Trinajstić information content (AvgIpc) is 2.60. The second-order valence-corrected chi connectivity index (χ2v) is 7.68. The Hall–Kier alpha value is -2.62. The molecule has 0 fully saturated rings. The summed E-state index contributed by atoms with van der Waals surface area (Å²) in [5, 5.41) is 3.99. The zero-order valence-corrected chi connectivity index (χ0v) is 16.2. The highest BCUT2D eigenvalue weighted by atomic mass is 16.5. The number of amides is 1. The van der Waals surface area contributed by atoms with E-state index in [0.717, 1.165) is 5.56 Å². The standard InChI is InChI=1S/C22H28N2O2/c1-16(2)18-7-6-8-20(13-18)26-15-21(25)24-23-14-17-9-11-19(12-10-17)22(3,4)5/h6-14,16H,15H2,1-5H3,(H,24,25)/b23-14+. The molecule has 0 saturated carbocycles. The summed E-state index contributed by atoms with van der Waals surface area (Å²) in [5.41, 5.74) is 5.98. The molecule has 4 heteroatoms. The molecule has 2 aromatic rings. The molecule has 0 atom stereocenters. The number of carbonyl (C=O) groups is 1. The lowest BCUT2D eigenvalue weighted by Crippen LogP contribution is -2.24. The van der Waals surface area contributed by atoms with Gasteiger partial charge in [-0.15, -0.1) is 0 Å². The van der Waals surface area contributed by atoms with E-state index in [1.54, 1.807) is 6.21 Å². The lowest BCUT2D eigenvalue weighted by Gasteiger charge is -2.18. The van der Waals surface area contributed by atoms with Crippen molar-refractivity contribution in [3.63, 3.8) is 0 Å². The molecular weight excluding hydrogens is 324 g/mol. The van der Waals surface area contributed by atoms with Gasteiger partial charge in [-0.05, 0) is 40.2 Å². The van der Waals surface area contributed by atoms with Gasteiger partial charge in [-0.2, -0.15) is 5.10 Å². The maximum absolute atomic E-state index is 11.9. The van der Waals surface area contributed by atoms with Gasteiger partial charge in [-0.3, -0.25) is 4.79 Å². The number of ether oxygens (including phenoxy) is 1. The van der Waals surface area contributed by atoms with Crippen molar-refractivity contribution >= 4 is 12.1 Å². The van der Waals surface area contributed by atoms with Crippen LogP contribution in [0.3, 0.4) is 0 Å². The predicted octanol–water partition coefficient (Wildman–Crippen LogP) is 4.64. The molecule has 0 aliphatic heterocycles. The van der Waals surface area contributed by atoms with Crippen molar-refractivity contribution in [2.24, 2.45) is 5.10 Å². The minimum Gasteiger partial charge on any atom is -0.484 e. The van der Waals surface area contributed by atoms with Crippen LogP contribution in [0.4, 0.5) is 0 Å². The van der Waals surface area contributed by atoms with Crippen molar-refractivity contribution in [1.82, 2.24) is 5.43 Å². The van der Waals surface area contributed by atoms with Gasteiger partial charge in [0.25, 0.3) is 5.91 Å². The number of benzene rings is 2. The number of hydrazone groups is 1. The molecule has 4 nitrogen and oxygen atoms in total. The molecule has 0 bridgehead atoms. The van der Waals surface area contributed by atoms with Gasteiger partial charge in [0, 0.05) is 0 Å². The first-order chi connectivity index (χ1) is 12.3. The summed E-state index contributed by atoms with van der Waals surface area (Å²) in [7, 11) is 0. The first-order valence-electron chi connectivity index (χ1n) is 8.91. The average molecular weight is 352 g/mol. The van der Waals surface area contributed by atoms with E-state index >= 15 is 0 Å². The summed E-state index contributed by atoms with van der Waals surface area (Å²) >= 11 is 0. The predicted molar refractivity (Wildman–Crippen MR) is 107 cm³/mol. The molecular formula is C22H28N2O2. The largest absolute Gasteiger partial charge is 0.484 e. The molecule has 1 amide bonds. The lowest BCUT2D eigenvalue weighted by atomic mass is 9.87. The third-order valence-electron chi connectivity index (χ3n) is 4.07. The molecule has 26 heavy (non-hydrogen) atoms. The molecule has 0 spiro atoms. The zero-order valence-electron chi connectivity index (χ0n) is 16.2. The van der Waals surface area contributed by atoms with E-state index in [0.29, 0.717) is 11.7 Å². The Morgan fingerprint density at radius 3 is 2.46 bits per heavy atom. The van der Waals surface area contributed by atoms with Crippen LogP contribution >= 0.6 is 0 Å². The van der Waals surface area contributed by atoms with Gasteiger partial charge in [0.1, 0.15) is 5.75 Å². The highest BCUT2D eigenvalue weighted by Gasteiger charge is 2.12. The van der Waals surface area contributed by atoms with E-state index in [-0.39, 0.29) is 17.9 Å². The minimum absolute atomic E-state index is 0.0676. The van der Waals surface area contributed by atoms with Gasteiger partial charge in [0.15, 0.2) is 6.61 Å². The Morgan fingerprint density at radius 2 is 1.85 bits per heavy atom. The van der Waals surface area contributed by atoms with Gasteiger partial charge < -0.3 is 4.74 Å². The number of nitrogens with one attached hydrogen (secondary N) is 1. The summed E-state index contributed by atoms with van der Waals surface area (Å²) in [5.74, 6) is 0.817. The first-order valence-corrected chi connectivity index (χ1v) is 8.91. The molecule has 0 aliphatic carbocycles. The van der Waals surface area contributed by atoms with Crippen LogP contribution in [-0.4, -0.2) is 18.7 Å². The number of rotatable bonds is 6. The van der Waals surface area contributed by atoms with Gasteiger partial charge in [-0.25, -0.2) is 5.43 Å². The van der Waals surface area contributed by atoms with Crippen LogP contribution in [0.25, 0.3) is 0 Å². The third kappa shape index (κ3) is 6.03. The fraction of sp³-hybridized carbons (Fsp3) is 0.364. The SMILES string of the molecule is CC(C)c1cccc(OCC(=O)N/N=C/c2ccc(C(C)(C)C)cc2)c1. The van der Waals surface area contributed by atoms with E-state index in [4.69, 9.17) is 4.74 Å². The normalized spacial score (nSPS) is 11.8. The van der Waals surface area contributed by atoms with Crippen LogP contribution < -0.4 is 10.2 Å². The Morgan fingerprint density at radius 1 is 1.15 bits per heavy atom. The Labute approximate surface area is 156 Å². The Kier molecular flexibility index (Phi) is 6.56. The van der Waals surface area contributed by atoms with Crippen LogP contribution in [0, 0.1) is 0 Å². The number of carbonyl (C=O) groups excluding carboxylic acids is 1. The molecule has 0 heterocycles. The number of nitrogens with zero attached hydrogens (tertiary/aromatic N) is 1. The maximum atomic E-state index is 11.9. The summed E-state index contributed by atoms with van der Waals surface area (Å²) in [4.78, 5) is 11.9. The van der Waals surface area contributed by atoms with Crippen LogP contribution in [0.2, 0.25) is 0 Å². The van der Waals surface area contributed by atoms with Gasteiger partial charge in [-0.1, -0.05) is 71.0 Å². The second-order valence-electron chi connectivity index (χ2n) is 7.68. The number of hydrogen-bond donors (Lipinski definition) is 1. The van der Waals surface area contributed by atoms with E-state index in [1.807, 2.05) is 36.4 Å². The second kappa shape index (κ2) is 8.65. The molecule has 138 valence electrons. The van der Waals surface area contributed by atoms with Crippen molar-refractivity contribution in [2.45, 2.75) is 46.0 Å². The van der Waals surface area contributed by atoms with E-state index in [9.17, 15) is 4.79 Å². The van der Waals surface area contributed by atoms with Gasteiger partial charge in [0.2, 0.25) is 0 Å². The molecule has 0 saturated heterocycles. The molecule has 2 aromatic carbocycles. The van der Waals surface area contributed by atoms with Crippen molar-refractivity contribution in [1.29, 1.82) is 0 Å². The van der Waals surface area contributed by atoms with Gasteiger partial charge >= 0.3 is 0 Å². The third-order valence-corrected chi connectivity index (χ3v) is 4.07. The first kappa shape index (κ1) is 19.7. The van der Waals surface area contributed by atoms with Gasteiger partial charge in [0.05, 0.1) is 6.21 Å². The van der Waals surface area contributed by atoms with Crippen LogP contribution in [-0.2, 0) is 10.2 Å². The van der Waals surface area contributed by atoms with E-state index in [1.165, 1.54) is 11.1 Å². The molecule has 0 radical (unpaired) electrons. The quantitative estimate of drug-likeness (QED) is 0.608. The van der Waals surface area contributed by atoms with E-state index in [2.05, 4.69) is 57.3 Å². The summed E-state index contributed by atoms with van der Waals surface area (Å²) < 4.78 is 5.53. The molecule has 0 aromatic heterocycles. The highest BCUT2D eigenvalue weighted by molar-refractivity contribution is 5.83. The highest BCUT2D eigenvalue weighted by Crippen LogP contribution is 2.22. The zero-order chi connectivity index (χ0) is 19.2. The fourth-order valence-corrected chi connectivity index (χ4v) is 2.39. The molecule has 2 rings (SSSR count). The van der Waals surface area contributed by atoms with Crippen molar-refractivity contribution in [3.05, 3.63) is 65.2 Å². The Balaban J connectivity index is 1.83. The fourth-order valence-electron chi connectivity index (χ4n) is 2.39. The number of hydrogen-bond acceptors (Lipinski definition) is 3. The Bertz CT molecular complexity index is 756. The topological polar surface area (TPSA) is 50.7 Å². The minimum atomic E-state index is -0.289. The van der Waals surface area contributed by atoms with Crippen molar-refractivity contribution in [2.75, 3.05) is 6.61 Å². The summed E-state index contributed by atoms with van der Waals surface area (Å²) in [6, 6.07) is 15.9.